The van der Waals surface area contributed by atoms with Gasteiger partial charge in [-0.1, -0.05) is 23.7 Å². The number of nitrogens with one attached hydrogen (secondary N) is 2. The lowest BCUT2D eigenvalue weighted by Crippen LogP contribution is -2.52. The van der Waals surface area contributed by atoms with Gasteiger partial charge in [-0.2, -0.15) is 0 Å². The maximum Gasteiger partial charge on any atom is 0.264 e. The summed E-state index contributed by atoms with van der Waals surface area (Å²) in [5.74, 6) is -0.254. The van der Waals surface area contributed by atoms with Crippen LogP contribution in [0.5, 0.6) is 0 Å². The van der Waals surface area contributed by atoms with E-state index in [1.807, 2.05) is 24.8 Å². The number of piperazine rings is 1. The van der Waals surface area contributed by atoms with Crippen molar-refractivity contribution in [3.63, 3.8) is 0 Å². The Hall–Kier alpha value is -1.89. The van der Waals surface area contributed by atoms with E-state index in [2.05, 4.69) is 10.6 Å². The number of amides is 2. The number of carbonyl (C=O) groups is 2. The van der Waals surface area contributed by atoms with Gasteiger partial charge in [0.05, 0.1) is 20.5 Å². The smallest absolute Gasteiger partial charge is 0.264 e. The molecule has 2 N–H and O–H groups in total. The third-order valence-electron chi connectivity index (χ3n) is 4.23. The first-order valence-electron chi connectivity index (χ1n) is 8.15. The molecule has 5 nitrogen and oxygen atoms in total. The molecule has 2 heterocycles. The van der Waals surface area contributed by atoms with Gasteiger partial charge < -0.3 is 15.5 Å². The summed E-state index contributed by atoms with van der Waals surface area (Å²) in [6.45, 7) is 6.22. The summed E-state index contributed by atoms with van der Waals surface area (Å²) in [4.78, 5) is 27.8. The average Bonchev–Trinajstić information content (AvgIpc) is 2.95. The second-order valence-electron chi connectivity index (χ2n) is 6.11. The van der Waals surface area contributed by atoms with Gasteiger partial charge in [-0.15, -0.1) is 11.3 Å². The number of benzene rings is 1. The fraction of sp³-hybridized carbons (Fsp3) is 0.333. The largest absolute Gasteiger partial charge is 0.333 e. The molecule has 0 aliphatic carbocycles. The van der Waals surface area contributed by atoms with Crippen molar-refractivity contribution in [3.05, 3.63) is 51.4 Å². The molecule has 1 saturated heterocycles. The van der Waals surface area contributed by atoms with E-state index in [1.165, 1.54) is 11.3 Å². The summed E-state index contributed by atoms with van der Waals surface area (Å²) in [5, 5.41) is 7.17. The molecule has 2 aromatic rings. The third kappa shape index (κ3) is 3.86. The summed E-state index contributed by atoms with van der Waals surface area (Å²) in [6.07, 6.45) is 0. The van der Waals surface area contributed by atoms with Gasteiger partial charge in [0.15, 0.2) is 0 Å². The highest BCUT2D eigenvalue weighted by atomic mass is 35.5. The van der Waals surface area contributed by atoms with E-state index in [0.717, 1.165) is 18.7 Å². The van der Waals surface area contributed by atoms with Gasteiger partial charge in [0.1, 0.15) is 0 Å². The van der Waals surface area contributed by atoms with Crippen molar-refractivity contribution < 1.29 is 9.59 Å². The molecule has 0 unspecified atom stereocenters. The van der Waals surface area contributed by atoms with E-state index in [0.29, 0.717) is 27.0 Å². The summed E-state index contributed by atoms with van der Waals surface area (Å²) in [7, 11) is 0. The Bertz CT molecular complexity index is 805. The second kappa shape index (κ2) is 7.56. The number of hydrogen-bond donors (Lipinski definition) is 2. The third-order valence-corrected chi connectivity index (χ3v) is 5.70. The van der Waals surface area contributed by atoms with Crippen LogP contribution in [0.1, 0.15) is 32.5 Å². The van der Waals surface area contributed by atoms with Crippen LogP contribution in [0.2, 0.25) is 5.02 Å². The number of rotatable bonds is 3. The van der Waals surface area contributed by atoms with Gasteiger partial charge in [0.2, 0.25) is 0 Å². The van der Waals surface area contributed by atoms with E-state index in [4.69, 9.17) is 11.6 Å². The van der Waals surface area contributed by atoms with Crippen molar-refractivity contribution in [2.75, 3.05) is 25.0 Å². The van der Waals surface area contributed by atoms with Crippen LogP contribution in [-0.2, 0) is 0 Å². The fourth-order valence-electron chi connectivity index (χ4n) is 2.85. The zero-order chi connectivity index (χ0) is 18.0. The lowest BCUT2D eigenvalue weighted by Gasteiger charge is -2.33. The highest BCUT2D eigenvalue weighted by Crippen LogP contribution is 2.29. The Labute approximate surface area is 156 Å². The maximum absolute atomic E-state index is 12.8. The molecule has 1 aromatic heterocycles. The molecule has 1 aliphatic rings. The average molecular weight is 378 g/mol. The fourth-order valence-corrected chi connectivity index (χ4v) is 4.10. The molecule has 1 fully saturated rings. The molecule has 0 bridgehead atoms. The highest BCUT2D eigenvalue weighted by Gasteiger charge is 2.26. The number of thiophene rings is 1. The van der Waals surface area contributed by atoms with Crippen LogP contribution in [0.4, 0.5) is 5.00 Å². The summed E-state index contributed by atoms with van der Waals surface area (Å²) in [5.41, 5.74) is 1.29. The molecule has 0 radical (unpaired) electrons. The van der Waals surface area contributed by atoms with Crippen LogP contribution in [0.25, 0.3) is 0 Å². The zero-order valence-electron chi connectivity index (χ0n) is 14.1. The highest BCUT2D eigenvalue weighted by molar-refractivity contribution is 7.18. The van der Waals surface area contributed by atoms with Crippen molar-refractivity contribution in [1.82, 2.24) is 10.2 Å². The van der Waals surface area contributed by atoms with E-state index in [9.17, 15) is 9.59 Å². The quantitative estimate of drug-likeness (QED) is 0.861. The maximum atomic E-state index is 12.8. The number of halogens is 1. The predicted octanol–water partition coefficient (Wildman–Crippen LogP) is 3.40. The molecule has 7 heteroatoms. The van der Waals surface area contributed by atoms with Crippen LogP contribution >= 0.6 is 22.9 Å². The standard InChI is InChI=1S/C18H20ClN3O2S/c1-11-9-15(21-17(23)13-5-3-4-6-14(13)19)25-16(11)18(24)22-8-7-20-10-12(22)2/h3-6,9,12,20H,7-8,10H2,1-2H3,(H,21,23)/t12-/m1/s1. The molecule has 0 spiro atoms. The van der Waals surface area contributed by atoms with Crippen LogP contribution in [0, 0.1) is 6.92 Å². The van der Waals surface area contributed by atoms with Gasteiger partial charge >= 0.3 is 0 Å². The molecule has 2 amide bonds. The Kier molecular flexibility index (Phi) is 5.42. The minimum atomic E-state index is -0.276. The molecule has 1 aromatic carbocycles. The number of carbonyl (C=O) groups excluding carboxylic acids is 2. The van der Waals surface area contributed by atoms with Crippen molar-refractivity contribution in [3.8, 4) is 0 Å². The van der Waals surface area contributed by atoms with Crippen molar-refractivity contribution in [2.24, 2.45) is 0 Å². The van der Waals surface area contributed by atoms with E-state index in [-0.39, 0.29) is 17.9 Å². The molecular formula is C18H20ClN3O2S. The normalized spacial score (nSPS) is 17.4. The van der Waals surface area contributed by atoms with Crippen molar-refractivity contribution >= 4 is 39.8 Å². The van der Waals surface area contributed by atoms with E-state index >= 15 is 0 Å². The van der Waals surface area contributed by atoms with Crippen LogP contribution in [0.3, 0.4) is 0 Å². The van der Waals surface area contributed by atoms with Crippen molar-refractivity contribution in [2.45, 2.75) is 19.9 Å². The molecule has 1 atom stereocenters. The van der Waals surface area contributed by atoms with Gasteiger partial charge in [0.25, 0.3) is 11.8 Å². The van der Waals surface area contributed by atoms with Gasteiger partial charge in [-0.3, -0.25) is 9.59 Å². The number of anilines is 1. The molecule has 3 rings (SSSR count). The first kappa shape index (κ1) is 17.9. The SMILES string of the molecule is Cc1cc(NC(=O)c2ccccc2Cl)sc1C(=O)N1CCNC[C@H]1C. The predicted molar refractivity (Wildman–Crippen MR) is 102 cm³/mol. The van der Waals surface area contributed by atoms with Crippen LogP contribution in [-0.4, -0.2) is 42.4 Å². The van der Waals surface area contributed by atoms with Gasteiger partial charge in [-0.25, -0.2) is 0 Å². The summed E-state index contributed by atoms with van der Waals surface area (Å²) in [6, 6.07) is 8.88. The first-order valence-corrected chi connectivity index (χ1v) is 9.35. The molecule has 25 heavy (non-hydrogen) atoms. The van der Waals surface area contributed by atoms with E-state index in [1.54, 1.807) is 24.3 Å². The number of nitrogens with zero attached hydrogens (tertiary/aromatic N) is 1. The van der Waals surface area contributed by atoms with Crippen LogP contribution < -0.4 is 10.6 Å². The van der Waals surface area contributed by atoms with Gasteiger partial charge in [-0.05, 0) is 37.6 Å². The Morgan fingerprint density at radius 2 is 2.12 bits per heavy atom. The Morgan fingerprint density at radius 1 is 1.36 bits per heavy atom. The topological polar surface area (TPSA) is 61.4 Å². The molecule has 0 saturated carbocycles. The second-order valence-corrected chi connectivity index (χ2v) is 7.57. The van der Waals surface area contributed by atoms with E-state index < -0.39 is 0 Å². The first-order chi connectivity index (χ1) is 12.0. The zero-order valence-corrected chi connectivity index (χ0v) is 15.7. The number of hydrogen-bond acceptors (Lipinski definition) is 4. The minimum Gasteiger partial charge on any atom is -0.333 e. The van der Waals surface area contributed by atoms with Crippen molar-refractivity contribution in [1.29, 1.82) is 0 Å². The Morgan fingerprint density at radius 3 is 2.84 bits per heavy atom. The Balaban J connectivity index is 1.77. The van der Waals surface area contributed by atoms with Crippen LogP contribution in [0.15, 0.2) is 30.3 Å². The number of aryl methyl sites for hydroxylation is 1. The lowest BCUT2D eigenvalue weighted by molar-refractivity contribution is 0.0660. The molecule has 132 valence electrons. The molecule has 1 aliphatic heterocycles. The lowest BCUT2D eigenvalue weighted by atomic mass is 10.2. The van der Waals surface area contributed by atoms with Gasteiger partial charge in [0, 0.05) is 25.7 Å². The monoisotopic (exact) mass is 377 g/mol. The summed E-state index contributed by atoms with van der Waals surface area (Å²) < 4.78 is 0. The minimum absolute atomic E-state index is 0.0229. The molecular weight excluding hydrogens is 358 g/mol. The summed E-state index contributed by atoms with van der Waals surface area (Å²) >= 11 is 7.37.